The first-order chi connectivity index (χ1) is 10.5. The molecule has 114 valence electrons. The first kappa shape index (κ1) is 16.4. The lowest BCUT2D eigenvalue weighted by Gasteiger charge is -2.01. The summed E-state index contributed by atoms with van der Waals surface area (Å²) in [6.45, 7) is 2.05. The minimum absolute atomic E-state index is 0.0919. The molecule has 22 heavy (non-hydrogen) atoms. The summed E-state index contributed by atoms with van der Waals surface area (Å²) in [6, 6.07) is 12.9. The van der Waals surface area contributed by atoms with E-state index in [0.717, 1.165) is 5.75 Å². The highest BCUT2D eigenvalue weighted by Crippen LogP contribution is 2.19. The normalized spacial score (nSPS) is 12.0. The Kier molecular flexibility index (Phi) is 5.86. The molecule has 0 aliphatic rings. The van der Waals surface area contributed by atoms with E-state index in [1.165, 1.54) is 35.2 Å². The molecule has 2 aromatic rings. The van der Waals surface area contributed by atoms with E-state index >= 15 is 0 Å². The molecule has 0 radical (unpaired) electrons. The van der Waals surface area contributed by atoms with Crippen molar-refractivity contribution < 1.29 is 5.11 Å². The van der Waals surface area contributed by atoms with Crippen molar-refractivity contribution in [1.29, 1.82) is 0 Å². The second-order valence-electron chi connectivity index (χ2n) is 4.66. The third-order valence-corrected chi connectivity index (χ3v) is 3.94. The van der Waals surface area contributed by atoms with Crippen LogP contribution >= 0.6 is 23.4 Å². The summed E-state index contributed by atoms with van der Waals surface area (Å²) in [7, 11) is 0. The highest BCUT2D eigenvalue weighted by molar-refractivity contribution is 8.13. The zero-order valence-corrected chi connectivity index (χ0v) is 13.6. The Balaban J connectivity index is 1.93. The minimum Gasteiger partial charge on any atom is -0.507 e. The lowest BCUT2D eigenvalue weighted by molar-refractivity contribution is 0.474. The maximum absolute atomic E-state index is 9.64. The van der Waals surface area contributed by atoms with Crippen molar-refractivity contribution in [3.63, 3.8) is 0 Å². The van der Waals surface area contributed by atoms with Gasteiger partial charge in [-0.15, -0.1) is 5.10 Å². The van der Waals surface area contributed by atoms with Crippen LogP contribution in [-0.4, -0.2) is 16.5 Å². The standard InChI is InChI=1S/C16H16ClN3OS/c1-11-2-4-12(5-3-11)10-22-16(18)20-19-9-13-8-14(17)6-7-15(13)21/h2-9,21H,10H2,1H3,(H2,18,20)/b19-9+. The van der Waals surface area contributed by atoms with E-state index in [-0.39, 0.29) is 5.75 Å². The Bertz CT molecular complexity index is 699. The zero-order valence-electron chi connectivity index (χ0n) is 12.0. The second-order valence-corrected chi connectivity index (χ2v) is 6.09. The van der Waals surface area contributed by atoms with Crippen LogP contribution in [0.5, 0.6) is 5.75 Å². The molecule has 0 spiro atoms. The average Bonchev–Trinajstić information content (AvgIpc) is 2.50. The van der Waals surface area contributed by atoms with Gasteiger partial charge in [-0.25, -0.2) is 0 Å². The van der Waals surface area contributed by atoms with Gasteiger partial charge in [-0.3, -0.25) is 0 Å². The predicted octanol–water partition coefficient (Wildman–Crippen LogP) is 3.94. The highest BCUT2D eigenvalue weighted by Gasteiger charge is 1.99. The first-order valence-corrected chi connectivity index (χ1v) is 7.94. The van der Waals surface area contributed by atoms with Crippen molar-refractivity contribution in [3.8, 4) is 5.75 Å². The molecule has 0 saturated heterocycles. The molecule has 0 atom stereocenters. The summed E-state index contributed by atoms with van der Waals surface area (Å²) in [4.78, 5) is 0. The number of benzene rings is 2. The predicted molar refractivity (Wildman–Crippen MR) is 94.8 cm³/mol. The van der Waals surface area contributed by atoms with E-state index in [1.54, 1.807) is 12.1 Å². The van der Waals surface area contributed by atoms with Gasteiger partial charge in [-0.1, -0.05) is 53.2 Å². The molecule has 0 heterocycles. The Hall–Kier alpha value is -1.98. The Morgan fingerprint density at radius 3 is 2.73 bits per heavy atom. The van der Waals surface area contributed by atoms with Crippen molar-refractivity contribution in [1.82, 2.24) is 0 Å². The first-order valence-electron chi connectivity index (χ1n) is 6.58. The van der Waals surface area contributed by atoms with Gasteiger partial charge >= 0.3 is 0 Å². The Morgan fingerprint density at radius 1 is 1.27 bits per heavy atom. The van der Waals surface area contributed by atoms with E-state index in [4.69, 9.17) is 17.3 Å². The van der Waals surface area contributed by atoms with Gasteiger partial charge in [-0.05, 0) is 30.7 Å². The SMILES string of the molecule is Cc1ccc(CS/C(N)=N/N=C/c2cc(Cl)ccc2O)cc1. The lowest BCUT2D eigenvalue weighted by Crippen LogP contribution is -2.06. The number of thioether (sulfide) groups is 1. The fourth-order valence-electron chi connectivity index (χ4n) is 1.65. The molecule has 0 bridgehead atoms. The number of hydrogen-bond acceptors (Lipinski definition) is 4. The van der Waals surface area contributed by atoms with E-state index in [9.17, 15) is 5.11 Å². The number of phenols is 1. The van der Waals surface area contributed by atoms with Crippen LogP contribution in [0.15, 0.2) is 52.7 Å². The number of aryl methyl sites for hydroxylation is 1. The van der Waals surface area contributed by atoms with Gasteiger partial charge in [-0.2, -0.15) is 5.10 Å². The number of aromatic hydroxyl groups is 1. The monoisotopic (exact) mass is 333 g/mol. The van der Waals surface area contributed by atoms with Gasteiger partial charge < -0.3 is 10.8 Å². The van der Waals surface area contributed by atoms with E-state index in [2.05, 4.69) is 34.5 Å². The molecular formula is C16H16ClN3OS. The van der Waals surface area contributed by atoms with Crippen molar-refractivity contribution in [2.45, 2.75) is 12.7 Å². The highest BCUT2D eigenvalue weighted by atomic mass is 35.5. The van der Waals surface area contributed by atoms with Gasteiger partial charge in [0.2, 0.25) is 0 Å². The molecule has 2 rings (SSSR count). The number of phenolic OH excluding ortho intramolecular Hbond substituents is 1. The summed E-state index contributed by atoms with van der Waals surface area (Å²) in [5.41, 5.74) is 8.68. The molecule has 0 aliphatic heterocycles. The van der Waals surface area contributed by atoms with Crippen LogP contribution in [0.1, 0.15) is 16.7 Å². The fraction of sp³-hybridized carbons (Fsp3) is 0.125. The minimum atomic E-state index is 0.0919. The fourth-order valence-corrected chi connectivity index (χ4v) is 2.44. The second kappa shape index (κ2) is 7.87. The molecule has 0 amide bonds. The summed E-state index contributed by atoms with van der Waals surface area (Å²) in [6.07, 6.45) is 1.42. The van der Waals surface area contributed by atoms with E-state index in [1.807, 2.05) is 6.92 Å². The molecule has 0 aliphatic carbocycles. The van der Waals surface area contributed by atoms with Gasteiger partial charge in [0.15, 0.2) is 5.17 Å². The molecular weight excluding hydrogens is 318 g/mol. The molecule has 0 unspecified atom stereocenters. The van der Waals surface area contributed by atoms with Gasteiger partial charge in [0.25, 0.3) is 0 Å². The Labute approximate surface area is 138 Å². The summed E-state index contributed by atoms with van der Waals surface area (Å²) >= 11 is 7.25. The lowest BCUT2D eigenvalue weighted by atomic mass is 10.2. The van der Waals surface area contributed by atoms with Crippen LogP contribution in [-0.2, 0) is 5.75 Å². The van der Waals surface area contributed by atoms with Crippen LogP contribution in [0, 0.1) is 6.92 Å². The van der Waals surface area contributed by atoms with Crippen LogP contribution < -0.4 is 5.73 Å². The zero-order chi connectivity index (χ0) is 15.9. The van der Waals surface area contributed by atoms with Crippen molar-refractivity contribution in [2.75, 3.05) is 0 Å². The summed E-state index contributed by atoms with van der Waals surface area (Å²) < 4.78 is 0. The van der Waals surface area contributed by atoms with Gasteiger partial charge in [0, 0.05) is 16.3 Å². The Morgan fingerprint density at radius 2 is 2.00 bits per heavy atom. The quantitative estimate of drug-likeness (QED) is 0.506. The van der Waals surface area contributed by atoms with Crippen LogP contribution in [0.3, 0.4) is 0 Å². The number of nitrogens with two attached hydrogens (primary N) is 1. The van der Waals surface area contributed by atoms with Gasteiger partial charge in [0.05, 0.1) is 6.21 Å². The van der Waals surface area contributed by atoms with Crippen LogP contribution in [0.2, 0.25) is 5.02 Å². The number of nitrogens with zero attached hydrogens (tertiary/aromatic N) is 2. The van der Waals surface area contributed by atoms with Crippen molar-refractivity contribution in [2.24, 2.45) is 15.9 Å². The van der Waals surface area contributed by atoms with Crippen molar-refractivity contribution in [3.05, 3.63) is 64.2 Å². The van der Waals surface area contributed by atoms with E-state index < -0.39 is 0 Å². The number of rotatable bonds is 4. The largest absolute Gasteiger partial charge is 0.507 e. The summed E-state index contributed by atoms with van der Waals surface area (Å²) in [5.74, 6) is 0.822. The molecule has 6 heteroatoms. The van der Waals surface area contributed by atoms with Crippen molar-refractivity contribution >= 4 is 34.7 Å². The molecule has 4 nitrogen and oxygen atoms in total. The number of amidine groups is 1. The van der Waals surface area contributed by atoms with Crippen LogP contribution in [0.4, 0.5) is 0 Å². The number of halogens is 1. The molecule has 3 N–H and O–H groups in total. The molecule has 2 aromatic carbocycles. The smallest absolute Gasteiger partial charge is 0.180 e. The van der Waals surface area contributed by atoms with Gasteiger partial charge in [0.1, 0.15) is 5.75 Å². The van der Waals surface area contributed by atoms with Crippen LogP contribution in [0.25, 0.3) is 0 Å². The van der Waals surface area contributed by atoms with E-state index in [0.29, 0.717) is 15.8 Å². The average molecular weight is 334 g/mol. The third-order valence-electron chi connectivity index (χ3n) is 2.85. The topological polar surface area (TPSA) is 71.0 Å². The third kappa shape index (κ3) is 5.09. The molecule has 0 aromatic heterocycles. The molecule has 0 fully saturated rings. The maximum Gasteiger partial charge on any atom is 0.180 e. The maximum atomic E-state index is 9.64. The molecule has 0 saturated carbocycles. The number of hydrogen-bond donors (Lipinski definition) is 2. The summed E-state index contributed by atoms with van der Waals surface area (Å²) in [5, 5.41) is 18.3.